The summed E-state index contributed by atoms with van der Waals surface area (Å²) in [5.74, 6) is 0. The van der Waals surface area contributed by atoms with E-state index in [1.54, 1.807) is 0 Å². The monoisotopic (exact) mass is 171 g/mol. The average molecular weight is 171 g/mol. The number of allylic oxidation sites excluding steroid dienone is 1. The van der Waals surface area contributed by atoms with Gasteiger partial charge in [-0.3, -0.25) is 0 Å². The lowest BCUT2D eigenvalue weighted by molar-refractivity contribution is 0.647. The van der Waals surface area contributed by atoms with Crippen molar-refractivity contribution < 1.29 is 0 Å². The fourth-order valence-electron chi connectivity index (χ4n) is 0.649. The first kappa shape index (κ1) is 10.6. The van der Waals surface area contributed by atoms with Crippen LogP contribution in [-0.2, 0) is 0 Å². The van der Waals surface area contributed by atoms with Gasteiger partial charge in [0.25, 0.3) is 0 Å². The molecule has 1 nitrogen and oxygen atoms in total. The van der Waals surface area contributed by atoms with Crippen molar-refractivity contribution in [3.63, 3.8) is 0 Å². The molecule has 0 bridgehead atoms. The Labute approximate surface area is 74.9 Å². The van der Waals surface area contributed by atoms with E-state index < -0.39 is 0 Å². The third-order valence-electron chi connectivity index (χ3n) is 1.42. The molecule has 64 valence electrons. The van der Waals surface area contributed by atoms with Gasteiger partial charge in [0.05, 0.1) is 4.99 Å². The van der Waals surface area contributed by atoms with Gasteiger partial charge in [-0.1, -0.05) is 24.7 Å². The SMILES string of the molecule is CCC(C)NC(=S)C=C(C)C. The highest BCUT2D eigenvalue weighted by Gasteiger charge is 1.97. The Morgan fingerprint density at radius 2 is 2.09 bits per heavy atom. The van der Waals surface area contributed by atoms with Crippen molar-refractivity contribution in [2.45, 2.75) is 40.2 Å². The van der Waals surface area contributed by atoms with Gasteiger partial charge >= 0.3 is 0 Å². The van der Waals surface area contributed by atoms with Crippen LogP contribution < -0.4 is 5.32 Å². The van der Waals surface area contributed by atoms with Gasteiger partial charge in [0, 0.05) is 6.04 Å². The number of rotatable bonds is 3. The highest BCUT2D eigenvalue weighted by molar-refractivity contribution is 7.80. The van der Waals surface area contributed by atoms with Crippen LogP contribution in [0.25, 0.3) is 0 Å². The Morgan fingerprint density at radius 3 is 2.45 bits per heavy atom. The van der Waals surface area contributed by atoms with Gasteiger partial charge in [-0.25, -0.2) is 0 Å². The van der Waals surface area contributed by atoms with E-state index in [1.165, 1.54) is 5.57 Å². The van der Waals surface area contributed by atoms with Crippen LogP contribution in [0, 0.1) is 0 Å². The summed E-state index contributed by atoms with van der Waals surface area (Å²) in [6.07, 6.45) is 3.10. The van der Waals surface area contributed by atoms with Crippen LogP contribution in [0.2, 0.25) is 0 Å². The Morgan fingerprint density at radius 1 is 1.55 bits per heavy atom. The second-order valence-electron chi connectivity index (χ2n) is 3.04. The summed E-state index contributed by atoms with van der Waals surface area (Å²) in [5.41, 5.74) is 1.24. The van der Waals surface area contributed by atoms with E-state index in [1.807, 2.05) is 19.9 Å². The van der Waals surface area contributed by atoms with Crippen molar-refractivity contribution >= 4 is 17.2 Å². The molecule has 0 radical (unpaired) electrons. The summed E-state index contributed by atoms with van der Waals surface area (Å²) in [7, 11) is 0. The van der Waals surface area contributed by atoms with Crippen molar-refractivity contribution in [1.29, 1.82) is 0 Å². The molecule has 1 atom stereocenters. The second kappa shape index (κ2) is 5.30. The first-order valence-electron chi connectivity index (χ1n) is 4.01. The van der Waals surface area contributed by atoms with Crippen LogP contribution in [-0.4, -0.2) is 11.0 Å². The average Bonchev–Trinajstić information content (AvgIpc) is 1.85. The van der Waals surface area contributed by atoms with Crippen LogP contribution in [0.5, 0.6) is 0 Å². The first-order valence-corrected chi connectivity index (χ1v) is 4.42. The summed E-state index contributed by atoms with van der Waals surface area (Å²) in [6, 6.07) is 0.484. The van der Waals surface area contributed by atoms with E-state index >= 15 is 0 Å². The molecular weight excluding hydrogens is 154 g/mol. The molecule has 0 aromatic carbocycles. The number of hydrogen-bond acceptors (Lipinski definition) is 1. The third-order valence-corrected chi connectivity index (χ3v) is 1.66. The van der Waals surface area contributed by atoms with E-state index in [9.17, 15) is 0 Å². The largest absolute Gasteiger partial charge is 0.374 e. The van der Waals surface area contributed by atoms with E-state index in [0.29, 0.717) is 6.04 Å². The van der Waals surface area contributed by atoms with Gasteiger partial charge in [-0.15, -0.1) is 0 Å². The molecule has 0 aliphatic rings. The minimum Gasteiger partial charge on any atom is -0.374 e. The third kappa shape index (κ3) is 6.05. The van der Waals surface area contributed by atoms with Crippen molar-refractivity contribution in [3.8, 4) is 0 Å². The van der Waals surface area contributed by atoms with Crippen molar-refractivity contribution in [3.05, 3.63) is 11.6 Å². The molecule has 0 amide bonds. The van der Waals surface area contributed by atoms with Gasteiger partial charge in [0.15, 0.2) is 0 Å². The van der Waals surface area contributed by atoms with E-state index in [0.717, 1.165) is 11.4 Å². The zero-order valence-corrected chi connectivity index (χ0v) is 8.59. The predicted octanol–water partition coefficient (Wildman–Crippen LogP) is 2.67. The summed E-state index contributed by atoms with van der Waals surface area (Å²) in [4.78, 5) is 0.847. The molecule has 2 heteroatoms. The Kier molecular flexibility index (Phi) is 5.12. The Hall–Kier alpha value is -0.370. The summed E-state index contributed by atoms with van der Waals surface area (Å²) in [6.45, 7) is 8.36. The van der Waals surface area contributed by atoms with E-state index in [4.69, 9.17) is 12.2 Å². The lowest BCUT2D eigenvalue weighted by Crippen LogP contribution is -2.29. The zero-order chi connectivity index (χ0) is 8.85. The lowest BCUT2D eigenvalue weighted by Gasteiger charge is -2.11. The highest BCUT2D eigenvalue weighted by atomic mass is 32.1. The normalized spacial score (nSPS) is 12.0. The maximum Gasteiger partial charge on any atom is 0.0989 e. The molecule has 0 aromatic rings. The molecular formula is C9H17NS. The van der Waals surface area contributed by atoms with Gasteiger partial charge in [0.2, 0.25) is 0 Å². The molecule has 0 saturated heterocycles. The highest BCUT2D eigenvalue weighted by Crippen LogP contribution is 1.93. The minimum atomic E-state index is 0.484. The topological polar surface area (TPSA) is 12.0 Å². The molecule has 1 unspecified atom stereocenters. The Bertz CT molecular complexity index is 157. The maximum absolute atomic E-state index is 5.09. The minimum absolute atomic E-state index is 0.484. The fraction of sp³-hybridized carbons (Fsp3) is 0.667. The Balaban J connectivity index is 3.79. The van der Waals surface area contributed by atoms with Gasteiger partial charge in [0.1, 0.15) is 0 Å². The zero-order valence-electron chi connectivity index (χ0n) is 7.77. The van der Waals surface area contributed by atoms with Crippen LogP contribution in [0.15, 0.2) is 11.6 Å². The van der Waals surface area contributed by atoms with Crippen LogP contribution in [0.1, 0.15) is 34.1 Å². The molecule has 0 rings (SSSR count). The molecule has 11 heavy (non-hydrogen) atoms. The van der Waals surface area contributed by atoms with Gasteiger partial charge in [-0.05, 0) is 33.3 Å². The van der Waals surface area contributed by atoms with E-state index in [2.05, 4.69) is 19.2 Å². The number of nitrogens with one attached hydrogen (secondary N) is 1. The molecule has 0 saturated carbocycles. The van der Waals surface area contributed by atoms with Crippen LogP contribution in [0.4, 0.5) is 0 Å². The van der Waals surface area contributed by atoms with Gasteiger partial charge < -0.3 is 5.32 Å². The summed E-state index contributed by atoms with van der Waals surface area (Å²) in [5, 5.41) is 3.22. The summed E-state index contributed by atoms with van der Waals surface area (Å²) >= 11 is 5.09. The van der Waals surface area contributed by atoms with Crippen LogP contribution >= 0.6 is 12.2 Å². The molecule has 0 aromatic heterocycles. The second-order valence-corrected chi connectivity index (χ2v) is 3.48. The van der Waals surface area contributed by atoms with Crippen molar-refractivity contribution in [1.82, 2.24) is 5.32 Å². The molecule has 0 aliphatic carbocycles. The first-order chi connectivity index (χ1) is 5.06. The standard InChI is InChI=1S/C9H17NS/c1-5-8(4)10-9(11)6-7(2)3/h6,8H,5H2,1-4H3,(H,10,11). The fourth-order valence-corrected chi connectivity index (χ4v) is 1.09. The van der Waals surface area contributed by atoms with Crippen molar-refractivity contribution in [2.75, 3.05) is 0 Å². The molecule has 0 heterocycles. The van der Waals surface area contributed by atoms with Crippen LogP contribution in [0.3, 0.4) is 0 Å². The van der Waals surface area contributed by atoms with E-state index in [-0.39, 0.29) is 0 Å². The van der Waals surface area contributed by atoms with Gasteiger partial charge in [-0.2, -0.15) is 0 Å². The lowest BCUT2D eigenvalue weighted by atomic mass is 10.2. The molecule has 1 N–H and O–H groups in total. The van der Waals surface area contributed by atoms with Crippen molar-refractivity contribution in [2.24, 2.45) is 0 Å². The summed E-state index contributed by atoms with van der Waals surface area (Å²) < 4.78 is 0. The quantitative estimate of drug-likeness (QED) is 0.517. The number of thiocarbonyl (C=S) groups is 1. The maximum atomic E-state index is 5.09. The molecule has 0 spiro atoms. The number of hydrogen-bond donors (Lipinski definition) is 1. The smallest absolute Gasteiger partial charge is 0.0989 e. The molecule has 0 fully saturated rings. The predicted molar refractivity (Wildman–Crippen MR) is 54.9 cm³/mol. The molecule has 0 aliphatic heterocycles.